The topological polar surface area (TPSA) is 116 Å². The van der Waals surface area contributed by atoms with Gasteiger partial charge < -0.3 is 14.6 Å². The van der Waals surface area contributed by atoms with Crippen molar-refractivity contribution in [3.05, 3.63) is 21.9 Å². The minimum absolute atomic E-state index is 0.0408. The molecule has 1 saturated carbocycles. The molecule has 1 N–H and O–H groups in total. The lowest BCUT2D eigenvalue weighted by atomic mass is 10.1. The minimum Gasteiger partial charge on any atom is -0.461 e. The highest BCUT2D eigenvalue weighted by molar-refractivity contribution is 5.99. The van der Waals surface area contributed by atoms with Crippen LogP contribution in [0, 0.1) is 6.92 Å². The van der Waals surface area contributed by atoms with Crippen molar-refractivity contribution in [2.24, 2.45) is 0 Å². The molecule has 1 fully saturated rings. The molecule has 2 aromatic heterocycles. The fraction of sp³-hybridized carbons (Fsp3) is 0.611. The lowest BCUT2D eigenvalue weighted by Gasteiger charge is -2.17. The predicted octanol–water partition coefficient (Wildman–Crippen LogP) is 1.71. The zero-order valence-electron chi connectivity index (χ0n) is 15.6. The Hall–Kier alpha value is -2.71. The predicted molar refractivity (Wildman–Crippen MR) is 96.4 cm³/mol. The Morgan fingerprint density at radius 2 is 1.96 bits per heavy atom. The van der Waals surface area contributed by atoms with Gasteiger partial charge in [-0.25, -0.2) is 4.79 Å². The first-order valence-electron chi connectivity index (χ1n) is 9.34. The molecule has 0 unspecified atom stereocenters. The average molecular weight is 376 g/mol. The van der Waals surface area contributed by atoms with Gasteiger partial charge >= 0.3 is 5.97 Å². The van der Waals surface area contributed by atoms with Crippen molar-refractivity contribution < 1.29 is 18.8 Å². The molecule has 0 aliphatic heterocycles. The fourth-order valence-electron chi connectivity index (χ4n) is 3.41. The second-order valence-corrected chi connectivity index (χ2v) is 6.74. The zero-order valence-corrected chi connectivity index (χ0v) is 15.6. The molecule has 0 spiro atoms. The van der Waals surface area contributed by atoms with Gasteiger partial charge in [0.2, 0.25) is 11.6 Å². The molecule has 0 atom stereocenters. The summed E-state index contributed by atoms with van der Waals surface area (Å²) in [4.78, 5) is 41.5. The third kappa shape index (κ3) is 4.17. The van der Waals surface area contributed by atoms with Gasteiger partial charge in [0.1, 0.15) is 17.8 Å². The summed E-state index contributed by atoms with van der Waals surface area (Å²) >= 11 is 0. The Morgan fingerprint density at radius 1 is 1.26 bits per heavy atom. The van der Waals surface area contributed by atoms with Gasteiger partial charge in [-0.2, -0.15) is 4.98 Å². The second kappa shape index (κ2) is 8.32. The number of hydrogen-bond acceptors (Lipinski definition) is 7. The third-order valence-corrected chi connectivity index (χ3v) is 4.78. The summed E-state index contributed by atoms with van der Waals surface area (Å²) in [6.07, 6.45) is 6.48. The van der Waals surface area contributed by atoms with E-state index in [4.69, 9.17) is 9.26 Å². The number of nitrogens with zero attached hydrogens (tertiary/aromatic N) is 3. The number of carbonyl (C=O) groups is 2. The summed E-state index contributed by atoms with van der Waals surface area (Å²) in [6.45, 7) is 3.23. The number of amides is 1. The van der Waals surface area contributed by atoms with Crippen molar-refractivity contribution in [1.29, 1.82) is 0 Å². The Morgan fingerprint density at radius 3 is 2.63 bits per heavy atom. The molecule has 0 bridgehead atoms. The van der Waals surface area contributed by atoms with E-state index < -0.39 is 11.5 Å². The highest BCUT2D eigenvalue weighted by Gasteiger charge is 2.24. The number of fused-ring (bicyclic) bond motifs is 1. The van der Waals surface area contributed by atoms with Gasteiger partial charge in [-0.15, -0.1) is 0 Å². The van der Waals surface area contributed by atoms with E-state index in [9.17, 15) is 14.4 Å². The Labute approximate surface area is 156 Å². The van der Waals surface area contributed by atoms with Crippen molar-refractivity contribution >= 4 is 23.0 Å². The molecule has 9 heteroatoms. The van der Waals surface area contributed by atoms with Crippen LogP contribution in [0.2, 0.25) is 0 Å². The van der Waals surface area contributed by atoms with Crippen LogP contribution in [0.3, 0.4) is 0 Å². The van der Waals surface area contributed by atoms with Crippen molar-refractivity contribution in [3.63, 3.8) is 0 Å². The molecule has 27 heavy (non-hydrogen) atoms. The fourth-order valence-corrected chi connectivity index (χ4v) is 3.41. The van der Waals surface area contributed by atoms with Gasteiger partial charge in [0, 0.05) is 6.04 Å². The third-order valence-electron chi connectivity index (χ3n) is 4.78. The molecule has 0 aromatic carbocycles. The van der Waals surface area contributed by atoms with Crippen molar-refractivity contribution in [3.8, 4) is 0 Å². The summed E-state index contributed by atoms with van der Waals surface area (Å²) in [5.74, 6) is -0.689. The molecule has 3 rings (SSSR count). The van der Waals surface area contributed by atoms with Gasteiger partial charge in [-0.05, 0) is 26.7 Å². The Kier molecular flexibility index (Phi) is 5.88. The maximum atomic E-state index is 12.9. The first-order chi connectivity index (χ1) is 13.0. The van der Waals surface area contributed by atoms with Crippen molar-refractivity contribution in [1.82, 2.24) is 20.0 Å². The van der Waals surface area contributed by atoms with Crippen molar-refractivity contribution in [2.75, 3.05) is 6.61 Å². The lowest BCUT2D eigenvalue weighted by molar-refractivity contribution is -0.122. The molecule has 0 saturated heterocycles. The monoisotopic (exact) mass is 376 g/mol. The van der Waals surface area contributed by atoms with E-state index in [1.54, 1.807) is 13.8 Å². The van der Waals surface area contributed by atoms with Crippen LogP contribution in [0.4, 0.5) is 0 Å². The van der Waals surface area contributed by atoms with Crippen LogP contribution in [0.1, 0.15) is 61.8 Å². The Bertz CT molecular complexity index is 893. The highest BCUT2D eigenvalue weighted by Crippen LogP contribution is 2.17. The van der Waals surface area contributed by atoms with Gasteiger partial charge in [-0.3, -0.25) is 14.2 Å². The number of hydrogen-bond donors (Lipinski definition) is 1. The second-order valence-electron chi connectivity index (χ2n) is 6.74. The summed E-state index contributed by atoms with van der Waals surface area (Å²) in [5, 5.41) is 6.55. The van der Waals surface area contributed by atoms with Crippen LogP contribution in [-0.2, 0) is 16.1 Å². The van der Waals surface area contributed by atoms with Crippen LogP contribution in [0.15, 0.2) is 9.32 Å². The number of esters is 1. The van der Waals surface area contributed by atoms with Crippen molar-refractivity contribution in [2.45, 2.75) is 65.0 Å². The largest absolute Gasteiger partial charge is 0.461 e. The molecule has 0 radical (unpaired) electrons. The molecule has 2 aromatic rings. The SMILES string of the molecule is CCOC(=O)c1noc2nc(C)n(CC(=O)NC3CCCCCC3)c(=O)c12. The van der Waals surface area contributed by atoms with E-state index >= 15 is 0 Å². The number of ether oxygens (including phenoxy) is 1. The van der Waals surface area contributed by atoms with E-state index in [-0.39, 0.29) is 41.9 Å². The maximum absolute atomic E-state index is 12.9. The van der Waals surface area contributed by atoms with Crippen LogP contribution in [-0.4, -0.2) is 39.2 Å². The number of carbonyl (C=O) groups excluding carboxylic acids is 2. The normalized spacial score (nSPS) is 15.5. The summed E-state index contributed by atoms with van der Waals surface area (Å²) < 4.78 is 11.1. The molecule has 1 aliphatic rings. The van der Waals surface area contributed by atoms with E-state index in [0.29, 0.717) is 5.82 Å². The summed E-state index contributed by atoms with van der Waals surface area (Å²) in [5.41, 5.74) is -0.805. The minimum atomic E-state index is -0.756. The molecule has 9 nitrogen and oxygen atoms in total. The van der Waals surface area contributed by atoms with E-state index in [0.717, 1.165) is 25.7 Å². The molecule has 1 amide bonds. The van der Waals surface area contributed by atoms with E-state index in [2.05, 4.69) is 15.5 Å². The first kappa shape index (κ1) is 19.1. The standard InChI is InChI=1S/C18H24N4O5/c1-3-26-18(25)15-14-16(27-21-15)19-11(2)22(17(14)24)10-13(23)20-12-8-6-4-5-7-9-12/h12H,3-10H2,1-2H3,(H,20,23). The molecular formula is C18H24N4O5. The molecular weight excluding hydrogens is 352 g/mol. The van der Waals surface area contributed by atoms with E-state index in [1.165, 1.54) is 17.4 Å². The van der Waals surface area contributed by atoms with E-state index in [1.807, 2.05) is 0 Å². The quantitative estimate of drug-likeness (QED) is 0.623. The van der Waals surface area contributed by atoms with Gasteiger partial charge in [-0.1, -0.05) is 30.8 Å². The van der Waals surface area contributed by atoms with Gasteiger partial charge in [0.05, 0.1) is 6.61 Å². The number of nitrogens with one attached hydrogen (secondary N) is 1. The summed E-state index contributed by atoms with van der Waals surface area (Å²) in [7, 11) is 0. The average Bonchev–Trinajstić information content (AvgIpc) is 2.88. The van der Waals surface area contributed by atoms with Gasteiger partial charge in [0.15, 0.2) is 0 Å². The van der Waals surface area contributed by atoms with Crippen LogP contribution >= 0.6 is 0 Å². The van der Waals surface area contributed by atoms with Crippen LogP contribution < -0.4 is 10.9 Å². The Balaban J connectivity index is 1.85. The molecule has 2 heterocycles. The number of rotatable bonds is 5. The zero-order chi connectivity index (χ0) is 19.4. The maximum Gasteiger partial charge on any atom is 0.361 e. The van der Waals surface area contributed by atoms with Crippen LogP contribution in [0.25, 0.3) is 11.1 Å². The lowest BCUT2D eigenvalue weighted by Crippen LogP contribution is -2.39. The molecule has 1 aliphatic carbocycles. The smallest absolute Gasteiger partial charge is 0.361 e. The molecule has 146 valence electrons. The highest BCUT2D eigenvalue weighted by atomic mass is 16.5. The number of aromatic nitrogens is 3. The van der Waals surface area contributed by atoms with Crippen LogP contribution in [0.5, 0.6) is 0 Å². The van der Waals surface area contributed by atoms with Gasteiger partial charge in [0.25, 0.3) is 11.3 Å². The number of aryl methyl sites for hydroxylation is 1. The summed E-state index contributed by atoms with van der Waals surface area (Å²) in [6, 6.07) is 0.137. The first-order valence-corrected chi connectivity index (χ1v) is 9.34.